The van der Waals surface area contributed by atoms with Crippen LogP contribution in [-0.2, 0) is 16.8 Å². The number of nitrogen functional groups attached to an aromatic ring is 1. The van der Waals surface area contributed by atoms with Gasteiger partial charge in [0, 0.05) is 11.6 Å². The number of hydrogen-bond acceptors (Lipinski definition) is 6. The first-order valence-corrected chi connectivity index (χ1v) is 10.7. The van der Waals surface area contributed by atoms with Crippen molar-refractivity contribution in [2.45, 2.75) is 51.5 Å². The van der Waals surface area contributed by atoms with Gasteiger partial charge in [-0.25, -0.2) is 4.68 Å². The topological polar surface area (TPSA) is 123 Å². The molecule has 164 valence electrons. The van der Waals surface area contributed by atoms with Gasteiger partial charge in [-0.1, -0.05) is 49.3 Å². The molecule has 1 aliphatic carbocycles. The molecule has 1 aliphatic rings. The van der Waals surface area contributed by atoms with Crippen LogP contribution in [0.1, 0.15) is 56.4 Å². The van der Waals surface area contributed by atoms with E-state index in [2.05, 4.69) is 42.1 Å². The number of amides is 1. The zero-order valence-corrected chi connectivity index (χ0v) is 18.3. The molecule has 0 unspecified atom stereocenters. The van der Waals surface area contributed by atoms with Crippen LogP contribution in [0, 0.1) is 11.3 Å². The SMILES string of the molecule is C=C(CCC)c1cc(NC(=O)Cc2ccc(-c3nn(C4(C)CC4)c(N)c3C#N)cc2)on1. The highest BCUT2D eigenvalue weighted by Crippen LogP contribution is 2.45. The number of nitrogens with one attached hydrogen (secondary N) is 1. The number of nitriles is 1. The summed E-state index contributed by atoms with van der Waals surface area (Å²) in [5.41, 5.74) is 10.2. The van der Waals surface area contributed by atoms with Crippen LogP contribution in [0.25, 0.3) is 16.8 Å². The molecule has 4 rings (SSSR count). The molecule has 1 fully saturated rings. The molecule has 1 aromatic carbocycles. The smallest absolute Gasteiger partial charge is 0.231 e. The van der Waals surface area contributed by atoms with E-state index in [1.54, 1.807) is 10.7 Å². The van der Waals surface area contributed by atoms with Gasteiger partial charge in [0.15, 0.2) is 0 Å². The first kappa shape index (κ1) is 21.4. The molecular weight excluding hydrogens is 404 g/mol. The molecular formula is C24H26N6O2. The summed E-state index contributed by atoms with van der Waals surface area (Å²) in [7, 11) is 0. The van der Waals surface area contributed by atoms with Crippen LogP contribution in [0.5, 0.6) is 0 Å². The fourth-order valence-corrected chi connectivity index (χ4v) is 3.63. The minimum Gasteiger partial charge on any atom is -0.383 e. The summed E-state index contributed by atoms with van der Waals surface area (Å²) in [6.45, 7) is 8.12. The Balaban J connectivity index is 1.44. The van der Waals surface area contributed by atoms with Crippen LogP contribution in [0.15, 0.2) is 41.4 Å². The predicted molar refractivity (Wildman–Crippen MR) is 122 cm³/mol. The highest BCUT2D eigenvalue weighted by Gasteiger charge is 2.42. The summed E-state index contributed by atoms with van der Waals surface area (Å²) >= 11 is 0. The lowest BCUT2D eigenvalue weighted by atomic mass is 10.0. The van der Waals surface area contributed by atoms with Crippen LogP contribution in [0.4, 0.5) is 11.7 Å². The summed E-state index contributed by atoms with van der Waals surface area (Å²) in [5.74, 6) is 0.487. The minimum absolute atomic E-state index is 0.102. The summed E-state index contributed by atoms with van der Waals surface area (Å²) in [6.07, 6.45) is 3.95. The molecule has 8 heteroatoms. The molecule has 0 atom stereocenters. The number of rotatable bonds is 8. The van der Waals surface area contributed by atoms with Gasteiger partial charge in [0.2, 0.25) is 11.8 Å². The van der Waals surface area contributed by atoms with Crippen LogP contribution in [0.2, 0.25) is 0 Å². The first-order valence-electron chi connectivity index (χ1n) is 10.7. The second kappa shape index (κ2) is 8.35. The van der Waals surface area contributed by atoms with Gasteiger partial charge in [0.05, 0.1) is 12.0 Å². The third kappa shape index (κ3) is 4.14. The lowest BCUT2D eigenvalue weighted by Crippen LogP contribution is -2.16. The van der Waals surface area contributed by atoms with E-state index in [0.29, 0.717) is 28.7 Å². The van der Waals surface area contributed by atoms with E-state index in [-0.39, 0.29) is 17.9 Å². The number of benzene rings is 1. The number of carbonyl (C=O) groups excluding carboxylic acids is 1. The Labute approximate surface area is 186 Å². The lowest BCUT2D eigenvalue weighted by Gasteiger charge is -2.10. The molecule has 0 bridgehead atoms. The summed E-state index contributed by atoms with van der Waals surface area (Å²) in [4.78, 5) is 12.4. The van der Waals surface area contributed by atoms with Gasteiger partial charge >= 0.3 is 0 Å². The summed E-state index contributed by atoms with van der Waals surface area (Å²) in [5, 5.41) is 20.9. The quantitative estimate of drug-likeness (QED) is 0.542. The van der Waals surface area contributed by atoms with E-state index >= 15 is 0 Å². The third-order valence-electron chi connectivity index (χ3n) is 5.80. The van der Waals surface area contributed by atoms with E-state index in [0.717, 1.165) is 42.4 Å². The maximum atomic E-state index is 12.4. The average Bonchev–Trinajstić information content (AvgIpc) is 3.19. The molecule has 1 saturated carbocycles. The Morgan fingerprint density at radius 1 is 1.38 bits per heavy atom. The molecule has 0 aliphatic heterocycles. The summed E-state index contributed by atoms with van der Waals surface area (Å²) in [6, 6.07) is 11.3. The largest absolute Gasteiger partial charge is 0.383 e. The molecule has 32 heavy (non-hydrogen) atoms. The van der Waals surface area contributed by atoms with Crippen molar-refractivity contribution in [3.8, 4) is 17.3 Å². The molecule has 2 aromatic heterocycles. The van der Waals surface area contributed by atoms with Crippen LogP contribution < -0.4 is 11.1 Å². The Bertz CT molecular complexity index is 1210. The van der Waals surface area contributed by atoms with E-state index in [1.807, 2.05) is 24.3 Å². The molecule has 3 aromatic rings. The molecule has 2 heterocycles. The predicted octanol–water partition coefficient (Wildman–Crippen LogP) is 4.50. The van der Waals surface area contributed by atoms with E-state index < -0.39 is 0 Å². The molecule has 8 nitrogen and oxygen atoms in total. The number of carbonyl (C=O) groups is 1. The standard InChI is InChI=1S/C24H26N6O2/c1-4-5-15(2)19-13-21(32-29-19)27-20(31)12-16-6-8-17(9-7-16)22-18(14-25)23(26)30(28-22)24(3)10-11-24/h6-9,13H,2,4-5,10-12,26H2,1,3H3,(H,27,31). The average molecular weight is 431 g/mol. The first-order chi connectivity index (χ1) is 15.3. The van der Waals surface area contributed by atoms with E-state index in [9.17, 15) is 10.1 Å². The van der Waals surface area contributed by atoms with Crippen molar-refractivity contribution in [1.29, 1.82) is 5.26 Å². The van der Waals surface area contributed by atoms with Gasteiger partial charge in [-0.15, -0.1) is 0 Å². The maximum Gasteiger partial charge on any atom is 0.231 e. The van der Waals surface area contributed by atoms with Crippen molar-refractivity contribution in [3.63, 3.8) is 0 Å². The van der Waals surface area contributed by atoms with Gasteiger partial charge in [0.25, 0.3) is 0 Å². The number of nitrogens with zero attached hydrogens (tertiary/aromatic N) is 4. The Kier molecular flexibility index (Phi) is 5.57. The van der Waals surface area contributed by atoms with Crippen LogP contribution >= 0.6 is 0 Å². The summed E-state index contributed by atoms with van der Waals surface area (Å²) < 4.78 is 6.96. The van der Waals surface area contributed by atoms with Crippen molar-refractivity contribution in [1.82, 2.24) is 14.9 Å². The zero-order chi connectivity index (χ0) is 22.9. The zero-order valence-electron chi connectivity index (χ0n) is 18.3. The second-order valence-corrected chi connectivity index (χ2v) is 8.48. The number of nitrogens with two attached hydrogens (primary N) is 1. The fourth-order valence-electron chi connectivity index (χ4n) is 3.63. The highest BCUT2D eigenvalue weighted by molar-refractivity contribution is 5.91. The molecule has 0 saturated heterocycles. The van der Waals surface area contributed by atoms with E-state index in [4.69, 9.17) is 10.3 Å². The van der Waals surface area contributed by atoms with Crippen molar-refractivity contribution < 1.29 is 9.32 Å². The van der Waals surface area contributed by atoms with Crippen LogP contribution in [-0.4, -0.2) is 20.8 Å². The Morgan fingerprint density at radius 3 is 2.72 bits per heavy atom. The number of aromatic nitrogens is 3. The number of hydrogen-bond donors (Lipinski definition) is 2. The fraction of sp³-hybridized carbons (Fsp3) is 0.333. The Hall–Kier alpha value is -3.86. The lowest BCUT2D eigenvalue weighted by molar-refractivity contribution is -0.115. The molecule has 1 amide bonds. The van der Waals surface area contributed by atoms with Gasteiger partial charge < -0.3 is 10.3 Å². The molecule has 0 radical (unpaired) electrons. The number of allylic oxidation sites excluding steroid dienone is 1. The maximum absolute atomic E-state index is 12.4. The number of anilines is 2. The van der Waals surface area contributed by atoms with Crippen molar-refractivity contribution in [3.05, 3.63) is 53.7 Å². The van der Waals surface area contributed by atoms with Crippen molar-refractivity contribution in [2.75, 3.05) is 11.1 Å². The Morgan fingerprint density at radius 2 is 2.09 bits per heavy atom. The van der Waals surface area contributed by atoms with Gasteiger partial charge in [-0.2, -0.15) is 10.4 Å². The molecule has 0 spiro atoms. The van der Waals surface area contributed by atoms with Gasteiger partial charge in [-0.3, -0.25) is 10.1 Å². The third-order valence-corrected chi connectivity index (χ3v) is 5.80. The second-order valence-electron chi connectivity index (χ2n) is 8.48. The van der Waals surface area contributed by atoms with Crippen LogP contribution in [0.3, 0.4) is 0 Å². The molecule has 3 N–H and O–H groups in total. The van der Waals surface area contributed by atoms with Gasteiger partial charge in [-0.05, 0) is 37.3 Å². The highest BCUT2D eigenvalue weighted by atomic mass is 16.5. The normalized spacial score (nSPS) is 14.0. The van der Waals surface area contributed by atoms with Crippen molar-refractivity contribution >= 4 is 23.2 Å². The monoisotopic (exact) mass is 430 g/mol. The van der Waals surface area contributed by atoms with Crippen molar-refractivity contribution in [2.24, 2.45) is 0 Å². The van der Waals surface area contributed by atoms with Gasteiger partial charge in [0.1, 0.15) is 28.8 Å². The minimum atomic E-state index is -0.213. The van der Waals surface area contributed by atoms with E-state index in [1.165, 1.54) is 0 Å².